The van der Waals surface area contributed by atoms with Crippen molar-refractivity contribution in [3.05, 3.63) is 59.7 Å². The van der Waals surface area contributed by atoms with Gasteiger partial charge < -0.3 is 4.74 Å². The molecule has 5 nitrogen and oxygen atoms in total. The van der Waals surface area contributed by atoms with Gasteiger partial charge >= 0.3 is 6.36 Å². The van der Waals surface area contributed by atoms with Gasteiger partial charge in [-0.15, -0.1) is 13.2 Å². The molecular weight excluding hydrogens is 393 g/mol. The highest BCUT2D eigenvalue weighted by molar-refractivity contribution is 7.89. The summed E-state index contributed by atoms with van der Waals surface area (Å²) in [5.74, 6) is -0.461. The maximum Gasteiger partial charge on any atom is 0.573 e. The lowest BCUT2D eigenvalue weighted by molar-refractivity contribution is -0.274. The number of fused-ring (bicyclic) bond motifs is 1. The number of benzene rings is 2. The van der Waals surface area contributed by atoms with Gasteiger partial charge in [0.15, 0.2) is 0 Å². The number of hydrogen-bond donors (Lipinski definition) is 1. The molecule has 0 unspecified atom stereocenters. The molecule has 0 amide bonds. The van der Waals surface area contributed by atoms with Gasteiger partial charge in [0.1, 0.15) is 5.75 Å². The summed E-state index contributed by atoms with van der Waals surface area (Å²) in [6.07, 6.45) is -3.20. The van der Waals surface area contributed by atoms with Crippen LogP contribution >= 0.6 is 0 Å². The molecule has 1 N–H and O–H groups in total. The minimum absolute atomic E-state index is 0.103. The molecule has 0 saturated heterocycles. The maximum atomic E-state index is 12.3. The first-order valence-corrected chi connectivity index (χ1v) is 10.4. The number of rotatable bonds is 7. The van der Waals surface area contributed by atoms with E-state index in [1.165, 1.54) is 11.1 Å². The van der Waals surface area contributed by atoms with Gasteiger partial charge in [-0.3, -0.25) is 4.90 Å². The SMILES string of the molecule is O=S(=O)(NCCCN1CCc2ccccc2C1)c1ccc(OC(F)(F)F)cc1. The van der Waals surface area contributed by atoms with Crippen molar-refractivity contribution in [2.24, 2.45) is 0 Å². The lowest BCUT2D eigenvalue weighted by Crippen LogP contribution is -2.33. The minimum Gasteiger partial charge on any atom is -0.406 e. The average Bonchev–Trinajstić information content (AvgIpc) is 2.64. The summed E-state index contributed by atoms with van der Waals surface area (Å²) >= 11 is 0. The van der Waals surface area contributed by atoms with Crippen molar-refractivity contribution < 1.29 is 26.3 Å². The second-order valence-electron chi connectivity index (χ2n) is 6.57. The van der Waals surface area contributed by atoms with Gasteiger partial charge in [0, 0.05) is 19.6 Å². The van der Waals surface area contributed by atoms with Crippen molar-refractivity contribution >= 4 is 10.0 Å². The standard InChI is InChI=1S/C19H21F3N2O3S/c20-19(21,22)27-17-6-8-18(9-7-17)28(25,26)23-11-3-12-24-13-10-15-4-1-2-5-16(15)14-24/h1-2,4-9,23H,3,10-14H2. The summed E-state index contributed by atoms with van der Waals surface area (Å²) in [4.78, 5) is 2.17. The summed E-state index contributed by atoms with van der Waals surface area (Å²) < 4.78 is 67.2. The number of hydrogen-bond acceptors (Lipinski definition) is 4. The van der Waals surface area contributed by atoms with Crippen LogP contribution < -0.4 is 9.46 Å². The maximum absolute atomic E-state index is 12.3. The molecule has 0 aromatic heterocycles. The molecule has 1 aliphatic rings. The van der Waals surface area contributed by atoms with Crippen LogP contribution in [0.15, 0.2) is 53.4 Å². The van der Waals surface area contributed by atoms with Crippen LogP contribution in [-0.4, -0.2) is 39.3 Å². The van der Waals surface area contributed by atoms with Gasteiger partial charge in [-0.25, -0.2) is 13.1 Å². The van der Waals surface area contributed by atoms with Crippen LogP contribution in [0.1, 0.15) is 17.5 Å². The van der Waals surface area contributed by atoms with E-state index in [1.807, 2.05) is 12.1 Å². The summed E-state index contributed by atoms with van der Waals surface area (Å²) in [6.45, 7) is 2.80. The molecule has 0 bridgehead atoms. The number of nitrogens with zero attached hydrogens (tertiary/aromatic N) is 1. The zero-order chi connectivity index (χ0) is 20.2. The number of halogens is 3. The Hall–Kier alpha value is -2.10. The Morgan fingerprint density at radius 3 is 2.39 bits per heavy atom. The van der Waals surface area contributed by atoms with Crippen molar-refractivity contribution in [3.63, 3.8) is 0 Å². The fourth-order valence-electron chi connectivity index (χ4n) is 3.16. The van der Waals surface area contributed by atoms with Gasteiger partial charge in [-0.1, -0.05) is 24.3 Å². The second kappa shape index (κ2) is 8.50. The number of ether oxygens (including phenoxy) is 1. The highest BCUT2D eigenvalue weighted by Crippen LogP contribution is 2.24. The highest BCUT2D eigenvalue weighted by Gasteiger charge is 2.31. The zero-order valence-electron chi connectivity index (χ0n) is 15.1. The Bertz CT molecular complexity index is 899. The van der Waals surface area contributed by atoms with E-state index < -0.39 is 22.1 Å². The number of nitrogens with one attached hydrogen (secondary N) is 1. The van der Waals surface area contributed by atoms with Gasteiger partial charge in [-0.05, 0) is 54.8 Å². The number of sulfonamides is 1. The third kappa shape index (κ3) is 5.70. The topological polar surface area (TPSA) is 58.6 Å². The Morgan fingerprint density at radius 1 is 1.04 bits per heavy atom. The lowest BCUT2D eigenvalue weighted by atomic mass is 10.00. The van der Waals surface area contributed by atoms with Gasteiger partial charge in [0.05, 0.1) is 4.90 Å². The smallest absolute Gasteiger partial charge is 0.406 e. The average molecular weight is 414 g/mol. The molecule has 0 saturated carbocycles. The van der Waals surface area contributed by atoms with Crippen LogP contribution in [0.3, 0.4) is 0 Å². The van der Waals surface area contributed by atoms with Crippen molar-refractivity contribution in [1.82, 2.24) is 9.62 Å². The largest absolute Gasteiger partial charge is 0.573 e. The molecule has 28 heavy (non-hydrogen) atoms. The zero-order valence-corrected chi connectivity index (χ0v) is 15.9. The number of alkyl halides is 3. The van der Waals surface area contributed by atoms with E-state index in [-0.39, 0.29) is 11.4 Å². The van der Waals surface area contributed by atoms with Crippen molar-refractivity contribution in [2.45, 2.75) is 30.6 Å². The van der Waals surface area contributed by atoms with Crippen molar-refractivity contribution in [1.29, 1.82) is 0 Å². The fraction of sp³-hybridized carbons (Fsp3) is 0.368. The first-order valence-electron chi connectivity index (χ1n) is 8.87. The lowest BCUT2D eigenvalue weighted by Gasteiger charge is -2.28. The molecule has 152 valence electrons. The van der Waals surface area contributed by atoms with Crippen LogP contribution in [0.25, 0.3) is 0 Å². The quantitative estimate of drug-likeness (QED) is 0.707. The summed E-state index contributed by atoms with van der Waals surface area (Å²) in [7, 11) is -3.78. The molecule has 3 rings (SSSR count). The molecule has 0 aliphatic carbocycles. The Balaban J connectivity index is 1.46. The Kier molecular flexibility index (Phi) is 6.26. The molecule has 0 atom stereocenters. The Labute approximate surface area is 162 Å². The molecule has 1 heterocycles. The first-order chi connectivity index (χ1) is 13.2. The molecule has 0 fully saturated rings. The molecular formula is C19H21F3N2O3S. The van der Waals surface area contributed by atoms with E-state index >= 15 is 0 Å². The third-order valence-corrected chi connectivity index (χ3v) is 6.00. The first kappa shape index (κ1) is 20.6. The summed E-state index contributed by atoms with van der Waals surface area (Å²) in [5.41, 5.74) is 2.66. The second-order valence-corrected chi connectivity index (χ2v) is 8.33. The minimum atomic E-state index is -4.81. The molecule has 0 spiro atoms. The fourth-order valence-corrected chi connectivity index (χ4v) is 4.23. The predicted molar refractivity (Wildman–Crippen MR) is 98.4 cm³/mol. The molecule has 1 aliphatic heterocycles. The normalized spacial score (nSPS) is 15.2. The molecule has 0 radical (unpaired) electrons. The van der Waals surface area contributed by atoms with E-state index in [2.05, 4.69) is 26.5 Å². The van der Waals surface area contributed by atoms with E-state index in [1.54, 1.807) is 0 Å². The molecule has 2 aromatic rings. The van der Waals surface area contributed by atoms with Crippen LogP contribution in [-0.2, 0) is 23.0 Å². The monoisotopic (exact) mass is 414 g/mol. The van der Waals surface area contributed by atoms with Crippen molar-refractivity contribution in [2.75, 3.05) is 19.6 Å². The summed E-state index contributed by atoms with van der Waals surface area (Å²) in [5, 5.41) is 0. The van der Waals surface area contributed by atoms with E-state index in [9.17, 15) is 21.6 Å². The van der Waals surface area contributed by atoms with Gasteiger partial charge in [-0.2, -0.15) is 0 Å². The molecule has 9 heteroatoms. The van der Waals surface area contributed by atoms with Crippen LogP contribution in [0.2, 0.25) is 0 Å². The van der Waals surface area contributed by atoms with Crippen LogP contribution in [0, 0.1) is 0 Å². The van der Waals surface area contributed by atoms with Crippen LogP contribution in [0.4, 0.5) is 13.2 Å². The third-order valence-electron chi connectivity index (χ3n) is 4.52. The van der Waals surface area contributed by atoms with Crippen LogP contribution in [0.5, 0.6) is 5.75 Å². The van der Waals surface area contributed by atoms with E-state index in [4.69, 9.17) is 0 Å². The predicted octanol–water partition coefficient (Wildman–Crippen LogP) is 3.31. The summed E-state index contributed by atoms with van der Waals surface area (Å²) in [6, 6.07) is 12.4. The van der Waals surface area contributed by atoms with Gasteiger partial charge in [0.25, 0.3) is 0 Å². The highest BCUT2D eigenvalue weighted by atomic mass is 32.2. The van der Waals surface area contributed by atoms with E-state index in [0.29, 0.717) is 6.42 Å². The Morgan fingerprint density at radius 2 is 1.71 bits per heavy atom. The van der Waals surface area contributed by atoms with Crippen molar-refractivity contribution in [3.8, 4) is 5.75 Å². The van der Waals surface area contributed by atoms with E-state index in [0.717, 1.165) is 50.3 Å². The molecule has 2 aromatic carbocycles. The van der Waals surface area contributed by atoms with Gasteiger partial charge in [0.2, 0.25) is 10.0 Å².